The van der Waals surface area contributed by atoms with Crippen molar-refractivity contribution < 1.29 is 0 Å². The number of aromatic nitrogens is 2. The molecule has 3 aromatic rings. The maximum Gasteiger partial charge on any atom is 0.178 e. The fourth-order valence-corrected chi connectivity index (χ4v) is 5.89. The van der Waals surface area contributed by atoms with Crippen LogP contribution in [0.3, 0.4) is 0 Å². The van der Waals surface area contributed by atoms with E-state index in [0.29, 0.717) is 5.92 Å². The minimum Gasteiger partial charge on any atom is -0.301 e. The third-order valence-corrected chi connectivity index (χ3v) is 7.61. The van der Waals surface area contributed by atoms with Crippen LogP contribution in [0.2, 0.25) is 0 Å². The van der Waals surface area contributed by atoms with Crippen molar-refractivity contribution >= 4 is 23.0 Å². The van der Waals surface area contributed by atoms with Crippen LogP contribution in [0.25, 0.3) is 0 Å². The number of rotatable bonds is 2. The average molecular weight is 383 g/mol. The van der Waals surface area contributed by atoms with Gasteiger partial charge >= 0.3 is 0 Å². The summed E-state index contributed by atoms with van der Waals surface area (Å²) in [5.74, 6) is 2.38. The Balaban J connectivity index is 1.65. The Morgan fingerprint density at radius 2 is 1.45 bits per heavy atom. The highest BCUT2D eigenvalue weighted by molar-refractivity contribution is 5.88. The molecule has 6 rings (SSSR count). The smallest absolute Gasteiger partial charge is 0.178 e. The summed E-state index contributed by atoms with van der Waals surface area (Å²) in [5, 5.41) is 0. The van der Waals surface area contributed by atoms with E-state index in [1.54, 1.807) is 0 Å². The van der Waals surface area contributed by atoms with Gasteiger partial charge in [-0.1, -0.05) is 64.1 Å². The molecule has 2 aromatic carbocycles. The van der Waals surface area contributed by atoms with Crippen molar-refractivity contribution in [2.75, 3.05) is 9.80 Å². The highest BCUT2D eigenvalue weighted by Crippen LogP contribution is 2.74. The molecule has 2 aliphatic heterocycles. The van der Waals surface area contributed by atoms with Gasteiger partial charge in [-0.3, -0.25) is 0 Å². The Morgan fingerprint density at radius 1 is 0.862 bits per heavy atom. The predicted octanol–water partition coefficient (Wildman–Crippen LogP) is 5.90. The van der Waals surface area contributed by atoms with Crippen molar-refractivity contribution in [3.8, 4) is 0 Å². The quantitative estimate of drug-likeness (QED) is 0.552. The molecule has 3 heterocycles. The molecule has 4 nitrogen and oxygen atoms in total. The number of benzene rings is 2. The van der Waals surface area contributed by atoms with Gasteiger partial charge in [0.2, 0.25) is 0 Å². The fourth-order valence-electron chi connectivity index (χ4n) is 5.89. The molecule has 0 amide bonds. The summed E-state index contributed by atoms with van der Waals surface area (Å²) in [6.07, 6.45) is 4.99. The summed E-state index contributed by atoms with van der Waals surface area (Å²) in [6.45, 7) is 9.41. The first-order valence-corrected chi connectivity index (χ1v) is 10.6. The third-order valence-electron chi connectivity index (χ3n) is 7.61. The minimum absolute atomic E-state index is 0.133. The van der Waals surface area contributed by atoms with Crippen LogP contribution < -0.4 is 9.80 Å². The Labute approximate surface area is 172 Å². The van der Waals surface area contributed by atoms with Gasteiger partial charge in [0.05, 0.1) is 0 Å². The lowest BCUT2D eigenvalue weighted by Gasteiger charge is -2.44. The first kappa shape index (κ1) is 17.0. The van der Waals surface area contributed by atoms with Gasteiger partial charge < -0.3 is 9.80 Å². The van der Waals surface area contributed by atoms with Crippen molar-refractivity contribution in [3.05, 3.63) is 72.1 Å². The minimum atomic E-state index is 0.133. The van der Waals surface area contributed by atoms with Crippen LogP contribution in [-0.2, 0) is 5.41 Å². The summed E-state index contributed by atoms with van der Waals surface area (Å²) in [5.41, 5.74) is 5.64. The molecule has 29 heavy (non-hydrogen) atoms. The second kappa shape index (κ2) is 5.38. The van der Waals surface area contributed by atoms with Crippen molar-refractivity contribution in [1.82, 2.24) is 9.97 Å². The second-order valence-corrected chi connectivity index (χ2v) is 9.47. The topological polar surface area (TPSA) is 32.3 Å². The largest absolute Gasteiger partial charge is 0.301 e. The first-order valence-electron chi connectivity index (χ1n) is 10.6. The highest BCUT2D eigenvalue weighted by Gasteiger charge is 2.73. The molecule has 3 aliphatic rings. The van der Waals surface area contributed by atoms with Gasteiger partial charge in [-0.15, -0.1) is 0 Å². The van der Waals surface area contributed by atoms with Crippen LogP contribution in [0.4, 0.5) is 23.0 Å². The average Bonchev–Trinajstić information content (AvgIpc) is 3.16. The van der Waals surface area contributed by atoms with E-state index in [0.717, 1.165) is 11.6 Å². The van der Waals surface area contributed by atoms with Crippen LogP contribution >= 0.6 is 0 Å². The molecule has 0 bridgehead atoms. The standard InChI is InChI=1S/C25H26N4/c1-16(2)17-9-5-7-11-19(17)28-21-22(27-14-13-26-21)29-20-12-8-6-10-18(20)24(3)15-25(24,4)23(28)29/h5-14,16,23H,15H2,1-4H3. The van der Waals surface area contributed by atoms with Gasteiger partial charge in [0, 0.05) is 34.6 Å². The lowest BCUT2D eigenvalue weighted by Crippen LogP contribution is -2.50. The van der Waals surface area contributed by atoms with E-state index >= 15 is 0 Å². The van der Waals surface area contributed by atoms with Gasteiger partial charge in [0.1, 0.15) is 6.17 Å². The molecule has 0 saturated heterocycles. The van der Waals surface area contributed by atoms with Gasteiger partial charge in [-0.05, 0) is 35.6 Å². The first-order chi connectivity index (χ1) is 14.0. The number of hydrogen-bond donors (Lipinski definition) is 0. The Hall–Kier alpha value is -2.88. The molecule has 3 atom stereocenters. The van der Waals surface area contributed by atoms with Crippen molar-refractivity contribution in [2.45, 2.75) is 51.6 Å². The second-order valence-electron chi connectivity index (χ2n) is 9.47. The van der Waals surface area contributed by atoms with Crippen molar-refractivity contribution in [2.24, 2.45) is 5.41 Å². The van der Waals surface area contributed by atoms with Crippen LogP contribution in [-0.4, -0.2) is 16.1 Å². The molecule has 1 aliphatic carbocycles. The molecular weight excluding hydrogens is 356 g/mol. The summed E-state index contributed by atoms with van der Waals surface area (Å²) in [6, 6.07) is 17.7. The molecule has 146 valence electrons. The summed E-state index contributed by atoms with van der Waals surface area (Å²) < 4.78 is 0. The fraction of sp³-hybridized carbons (Fsp3) is 0.360. The van der Waals surface area contributed by atoms with E-state index in [4.69, 9.17) is 9.97 Å². The van der Waals surface area contributed by atoms with Gasteiger partial charge in [-0.2, -0.15) is 0 Å². The summed E-state index contributed by atoms with van der Waals surface area (Å²) >= 11 is 0. The lowest BCUT2D eigenvalue weighted by atomic mass is 9.81. The Morgan fingerprint density at radius 3 is 2.14 bits per heavy atom. The maximum absolute atomic E-state index is 4.84. The van der Waals surface area contributed by atoms with Gasteiger partial charge in [0.15, 0.2) is 11.6 Å². The zero-order chi connectivity index (χ0) is 20.0. The molecule has 3 unspecified atom stereocenters. The Bertz CT molecular complexity index is 1140. The van der Waals surface area contributed by atoms with Crippen LogP contribution in [0.1, 0.15) is 51.2 Å². The highest BCUT2D eigenvalue weighted by atomic mass is 15.5. The molecule has 1 aromatic heterocycles. The van der Waals surface area contributed by atoms with E-state index in [1.807, 2.05) is 12.4 Å². The normalized spacial score (nSPS) is 28.7. The predicted molar refractivity (Wildman–Crippen MR) is 117 cm³/mol. The lowest BCUT2D eigenvalue weighted by molar-refractivity contribution is 0.371. The monoisotopic (exact) mass is 382 g/mol. The van der Waals surface area contributed by atoms with E-state index < -0.39 is 0 Å². The zero-order valence-corrected chi connectivity index (χ0v) is 17.4. The molecule has 0 radical (unpaired) electrons. The summed E-state index contributed by atoms with van der Waals surface area (Å²) in [7, 11) is 0. The number of fused-ring (bicyclic) bond motifs is 8. The van der Waals surface area contributed by atoms with Crippen LogP contribution in [0.5, 0.6) is 0 Å². The maximum atomic E-state index is 4.84. The van der Waals surface area contributed by atoms with E-state index in [9.17, 15) is 0 Å². The number of anilines is 4. The van der Waals surface area contributed by atoms with E-state index in [1.165, 1.54) is 28.9 Å². The van der Waals surface area contributed by atoms with Crippen LogP contribution in [0, 0.1) is 5.41 Å². The van der Waals surface area contributed by atoms with Crippen LogP contribution in [0.15, 0.2) is 60.9 Å². The number of para-hydroxylation sites is 2. The SMILES string of the molecule is CC(C)c1ccccc1N1c2nccnc2N2c3ccccc3C3(C)CC3(C)C12. The van der Waals surface area contributed by atoms with E-state index in [2.05, 4.69) is 86.0 Å². The van der Waals surface area contributed by atoms with Crippen molar-refractivity contribution in [3.63, 3.8) is 0 Å². The number of hydrogen-bond acceptors (Lipinski definition) is 4. The van der Waals surface area contributed by atoms with Gasteiger partial charge in [0.25, 0.3) is 0 Å². The summed E-state index contributed by atoms with van der Waals surface area (Å²) in [4.78, 5) is 14.6. The van der Waals surface area contributed by atoms with Gasteiger partial charge in [-0.25, -0.2) is 9.97 Å². The molecule has 4 heteroatoms. The van der Waals surface area contributed by atoms with Crippen molar-refractivity contribution in [1.29, 1.82) is 0 Å². The molecule has 0 spiro atoms. The zero-order valence-electron chi connectivity index (χ0n) is 17.4. The molecule has 1 saturated carbocycles. The third kappa shape index (κ3) is 1.94. The molecule has 1 fully saturated rings. The molecular formula is C25H26N4. The number of nitrogens with zero attached hydrogens (tertiary/aromatic N) is 4. The Kier molecular flexibility index (Phi) is 3.16. The van der Waals surface area contributed by atoms with E-state index in [-0.39, 0.29) is 17.0 Å². The molecule has 0 N–H and O–H groups in total.